The van der Waals surface area contributed by atoms with Crippen LogP contribution in [0.4, 0.5) is 0 Å². The summed E-state index contributed by atoms with van der Waals surface area (Å²) in [5.41, 5.74) is 4.56. The van der Waals surface area contributed by atoms with Crippen LogP contribution >= 0.6 is 11.3 Å². The molecular formula is C27H29N3O4S2. The highest BCUT2D eigenvalue weighted by Gasteiger charge is 2.21. The first kappa shape index (κ1) is 26.0. The number of carbonyl (C=O) groups excluding carboxylic acids is 1. The average molecular weight is 524 g/mol. The number of hydrogen-bond acceptors (Lipinski definition) is 5. The summed E-state index contributed by atoms with van der Waals surface area (Å²) in [6.45, 7) is 5.43. The minimum absolute atomic E-state index is 0.125. The van der Waals surface area contributed by atoms with Gasteiger partial charge in [0.05, 0.1) is 21.7 Å². The Morgan fingerprint density at radius 2 is 1.69 bits per heavy atom. The lowest BCUT2D eigenvalue weighted by molar-refractivity contribution is 0.0997. The maximum atomic E-state index is 13.0. The minimum atomic E-state index is -3.71. The number of sulfonamides is 1. The van der Waals surface area contributed by atoms with E-state index in [0.29, 0.717) is 23.5 Å². The maximum Gasteiger partial charge on any atom is 0.279 e. The molecule has 7 nitrogen and oxygen atoms in total. The summed E-state index contributed by atoms with van der Waals surface area (Å²) in [5, 5.41) is 0. The molecule has 188 valence electrons. The van der Waals surface area contributed by atoms with Gasteiger partial charge in [-0.05, 0) is 66.9 Å². The van der Waals surface area contributed by atoms with Crippen molar-refractivity contribution >= 4 is 37.5 Å². The number of carbonyl (C=O) groups is 1. The third kappa shape index (κ3) is 5.49. The molecule has 0 unspecified atom stereocenters. The van der Waals surface area contributed by atoms with E-state index in [1.165, 1.54) is 51.0 Å². The Bertz CT molecular complexity index is 1550. The largest absolute Gasteiger partial charge is 0.383 e. The fourth-order valence-corrected chi connectivity index (χ4v) is 6.13. The molecule has 0 radical (unpaired) electrons. The molecule has 4 rings (SSSR count). The molecule has 36 heavy (non-hydrogen) atoms. The van der Waals surface area contributed by atoms with Crippen molar-refractivity contribution in [1.82, 2.24) is 8.87 Å². The van der Waals surface area contributed by atoms with Crippen LogP contribution in [0.5, 0.6) is 0 Å². The molecule has 0 saturated heterocycles. The van der Waals surface area contributed by atoms with Gasteiger partial charge in [0, 0.05) is 32.8 Å². The van der Waals surface area contributed by atoms with E-state index in [1.807, 2.05) is 34.9 Å². The molecule has 0 bridgehead atoms. The Kier molecular flexibility index (Phi) is 7.85. The molecule has 0 fully saturated rings. The molecule has 0 aliphatic rings. The molecule has 0 N–H and O–H groups in total. The second-order valence-corrected chi connectivity index (χ2v) is 11.7. The number of fused-ring (bicyclic) bond motifs is 1. The van der Waals surface area contributed by atoms with E-state index in [0.717, 1.165) is 15.8 Å². The topological polar surface area (TPSA) is 81.0 Å². The van der Waals surface area contributed by atoms with Crippen molar-refractivity contribution in [3.63, 3.8) is 0 Å². The Balaban J connectivity index is 1.62. The van der Waals surface area contributed by atoms with E-state index in [4.69, 9.17) is 4.74 Å². The fraction of sp³-hybridized carbons (Fsp3) is 0.259. The third-order valence-corrected chi connectivity index (χ3v) is 8.93. The molecule has 4 aromatic rings. The zero-order valence-corrected chi connectivity index (χ0v) is 22.4. The molecule has 0 atom stereocenters. The van der Waals surface area contributed by atoms with Gasteiger partial charge in [0.25, 0.3) is 5.91 Å². The summed E-state index contributed by atoms with van der Waals surface area (Å²) < 4.78 is 35.6. The highest BCUT2D eigenvalue weighted by atomic mass is 32.2. The molecule has 0 aliphatic carbocycles. The number of ether oxygens (including phenoxy) is 1. The normalized spacial score (nSPS) is 12.5. The van der Waals surface area contributed by atoms with E-state index in [-0.39, 0.29) is 11.4 Å². The lowest BCUT2D eigenvalue weighted by Crippen LogP contribution is -2.26. The highest BCUT2D eigenvalue weighted by Crippen LogP contribution is 2.22. The van der Waals surface area contributed by atoms with Crippen LogP contribution in [0.25, 0.3) is 10.2 Å². The number of benzene rings is 3. The second kappa shape index (κ2) is 10.9. The van der Waals surface area contributed by atoms with Gasteiger partial charge in [-0.15, -0.1) is 0 Å². The van der Waals surface area contributed by atoms with Crippen molar-refractivity contribution in [3.8, 4) is 0 Å². The summed E-state index contributed by atoms with van der Waals surface area (Å²) in [5.74, 6) is -0.428. The predicted molar refractivity (Wildman–Crippen MR) is 143 cm³/mol. The van der Waals surface area contributed by atoms with Crippen LogP contribution in [0.2, 0.25) is 0 Å². The summed E-state index contributed by atoms with van der Waals surface area (Å²) in [6.07, 6.45) is 0. The highest BCUT2D eigenvalue weighted by molar-refractivity contribution is 7.89. The molecule has 0 saturated carbocycles. The standard InChI is InChI=1S/C27H29N3O4S2/c1-19-16-24-25(17-20(19)2)35-27(30(24)14-15-34-4)28-26(31)22-10-12-23(13-11-22)36(32,33)29(3)18-21-8-6-5-7-9-21/h5-13,16-17H,14-15,18H2,1-4H3. The van der Waals surface area contributed by atoms with Crippen LogP contribution in [0.1, 0.15) is 27.0 Å². The van der Waals surface area contributed by atoms with Gasteiger partial charge >= 0.3 is 0 Å². The maximum absolute atomic E-state index is 13.0. The minimum Gasteiger partial charge on any atom is -0.383 e. The molecular weight excluding hydrogens is 494 g/mol. The quantitative estimate of drug-likeness (QED) is 0.340. The van der Waals surface area contributed by atoms with E-state index in [9.17, 15) is 13.2 Å². The van der Waals surface area contributed by atoms with Crippen molar-refractivity contribution < 1.29 is 17.9 Å². The van der Waals surface area contributed by atoms with Crippen molar-refractivity contribution in [2.75, 3.05) is 20.8 Å². The monoisotopic (exact) mass is 523 g/mol. The van der Waals surface area contributed by atoms with Crippen LogP contribution in [0, 0.1) is 13.8 Å². The number of hydrogen-bond donors (Lipinski definition) is 0. The van der Waals surface area contributed by atoms with Crippen LogP contribution in [0.3, 0.4) is 0 Å². The van der Waals surface area contributed by atoms with Crippen molar-refractivity contribution in [1.29, 1.82) is 0 Å². The van der Waals surface area contributed by atoms with Gasteiger partial charge in [0.15, 0.2) is 4.80 Å². The number of aryl methyl sites for hydroxylation is 2. The smallest absolute Gasteiger partial charge is 0.279 e. The van der Waals surface area contributed by atoms with Crippen molar-refractivity contribution in [3.05, 3.63) is 93.8 Å². The number of methoxy groups -OCH3 is 1. The lowest BCUT2D eigenvalue weighted by Gasteiger charge is -2.17. The Morgan fingerprint density at radius 3 is 2.36 bits per heavy atom. The lowest BCUT2D eigenvalue weighted by atomic mass is 10.1. The SMILES string of the molecule is COCCn1c(=NC(=O)c2ccc(S(=O)(=O)N(C)Cc3ccccc3)cc2)sc2cc(C)c(C)cc21. The number of rotatable bonds is 8. The number of amides is 1. The van der Waals surface area contributed by atoms with Gasteiger partial charge in [-0.3, -0.25) is 4.79 Å². The molecule has 1 aromatic heterocycles. The Hall–Kier alpha value is -3.11. The first-order chi connectivity index (χ1) is 17.2. The van der Waals surface area contributed by atoms with Crippen LogP contribution in [-0.4, -0.2) is 44.0 Å². The summed E-state index contributed by atoms with van der Waals surface area (Å²) in [7, 11) is -0.525. The van der Waals surface area contributed by atoms with Gasteiger partial charge in [0.1, 0.15) is 0 Å². The fourth-order valence-electron chi connectivity index (χ4n) is 3.83. The third-order valence-electron chi connectivity index (χ3n) is 6.07. The number of aromatic nitrogens is 1. The number of nitrogens with zero attached hydrogens (tertiary/aromatic N) is 3. The van der Waals surface area contributed by atoms with Gasteiger partial charge in [-0.2, -0.15) is 9.30 Å². The van der Waals surface area contributed by atoms with Crippen molar-refractivity contribution in [2.45, 2.75) is 31.8 Å². The molecule has 9 heteroatoms. The van der Waals surface area contributed by atoms with E-state index < -0.39 is 15.9 Å². The molecule has 0 aliphatic heterocycles. The van der Waals surface area contributed by atoms with Gasteiger partial charge in [-0.25, -0.2) is 8.42 Å². The Labute approximate surface area is 215 Å². The molecule has 1 amide bonds. The van der Waals surface area contributed by atoms with Crippen LogP contribution in [0.15, 0.2) is 76.6 Å². The Morgan fingerprint density at radius 1 is 1.03 bits per heavy atom. The van der Waals surface area contributed by atoms with Gasteiger partial charge in [-0.1, -0.05) is 41.7 Å². The van der Waals surface area contributed by atoms with Crippen LogP contribution < -0.4 is 4.80 Å². The van der Waals surface area contributed by atoms with Crippen molar-refractivity contribution in [2.24, 2.45) is 4.99 Å². The molecule has 0 spiro atoms. The zero-order chi connectivity index (χ0) is 25.9. The first-order valence-electron chi connectivity index (χ1n) is 11.5. The van der Waals surface area contributed by atoms with Crippen LogP contribution in [-0.2, 0) is 27.8 Å². The number of thiazole rings is 1. The summed E-state index contributed by atoms with van der Waals surface area (Å²) >= 11 is 1.45. The molecule has 1 heterocycles. The van der Waals surface area contributed by atoms with Gasteiger partial charge in [0.2, 0.25) is 10.0 Å². The summed E-state index contributed by atoms with van der Waals surface area (Å²) in [4.78, 5) is 18.1. The zero-order valence-electron chi connectivity index (χ0n) is 20.8. The van der Waals surface area contributed by atoms with Gasteiger partial charge < -0.3 is 9.30 Å². The van der Waals surface area contributed by atoms with E-state index in [1.54, 1.807) is 14.2 Å². The van der Waals surface area contributed by atoms with E-state index >= 15 is 0 Å². The summed E-state index contributed by atoms with van der Waals surface area (Å²) in [6, 6.07) is 19.5. The molecule has 3 aromatic carbocycles. The second-order valence-electron chi connectivity index (χ2n) is 8.62. The van der Waals surface area contributed by atoms with E-state index in [2.05, 4.69) is 31.0 Å². The predicted octanol–water partition coefficient (Wildman–Crippen LogP) is 4.53. The average Bonchev–Trinajstić information content (AvgIpc) is 3.18. The first-order valence-corrected chi connectivity index (χ1v) is 13.8.